The van der Waals surface area contributed by atoms with Crippen molar-refractivity contribution >= 4 is 17.8 Å². The predicted molar refractivity (Wildman–Crippen MR) is 101 cm³/mol. The van der Waals surface area contributed by atoms with Gasteiger partial charge in [0.05, 0.1) is 19.2 Å². The summed E-state index contributed by atoms with van der Waals surface area (Å²) in [6.45, 7) is 5.47. The highest BCUT2D eigenvalue weighted by Crippen LogP contribution is 2.20. The van der Waals surface area contributed by atoms with E-state index in [0.29, 0.717) is 5.69 Å². The molecule has 2 atom stereocenters. The molecule has 1 fully saturated rings. The molecule has 1 aliphatic rings. The zero-order chi connectivity index (χ0) is 19.2. The summed E-state index contributed by atoms with van der Waals surface area (Å²) in [6, 6.07) is 6.55. The smallest absolute Gasteiger partial charge is 0.407 e. The van der Waals surface area contributed by atoms with E-state index in [1.807, 2.05) is 20.8 Å². The normalized spacial score (nSPS) is 20.0. The van der Waals surface area contributed by atoms with Gasteiger partial charge in [0.25, 0.3) is 0 Å². The molecule has 3 amide bonds. The first kappa shape index (κ1) is 19.9. The van der Waals surface area contributed by atoms with Crippen LogP contribution in [0.25, 0.3) is 0 Å². The highest BCUT2D eigenvalue weighted by atomic mass is 16.6. The van der Waals surface area contributed by atoms with E-state index in [0.717, 1.165) is 31.4 Å². The van der Waals surface area contributed by atoms with Gasteiger partial charge >= 0.3 is 12.1 Å². The van der Waals surface area contributed by atoms with Crippen LogP contribution in [0.5, 0.6) is 5.75 Å². The second kappa shape index (κ2) is 8.78. The second-order valence-electron chi connectivity index (χ2n) is 7.47. The Morgan fingerprint density at radius 1 is 1.00 bits per heavy atom. The highest BCUT2D eigenvalue weighted by molar-refractivity contribution is 5.89. The average molecular weight is 363 g/mol. The number of anilines is 1. The molecule has 0 heterocycles. The van der Waals surface area contributed by atoms with E-state index in [4.69, 9.17) is 9.47 Å². The quantitative estimate of drug-likeness (QED) is 0.762. The minimum Gasteiger partial charge on any atom is -0.497 e. The number of hydrogen-bond acceptors (Lipinski definition) is 4. The Kier molecular flexibility index (Phi) is 6.71. The summed E-state index contributed by atoms with van der Waals surface area (Å²) in [7, 11) is 1.59. The molecule has 0 aromatic heterocycles. The Labute approximate surface area is 154 Å². The summed E-state index contributed by atoms with van der Waals surface area (Å²) >= 11 is 0. The third-order valence-electron chi connectivity index (χ3n) is 4.13. The topological polar surface area (TPSA) is 88.7 Å². The Morgan fingerprint density at radius 2 is 1.58 bits per heavy atom. The minimum absolute atomic E-state index is 0.130. The van der Waals surface area contributed by atoms with Crippen molar-refractivity contribution < 1.29 is 19.1 Å². The van der Waals surface area contributed by atoms with Crippen molar-refractivity contribution in [2.75, 3.05) is 12.4 Å². The molecule has 3 N–H and O–H groups in total. The van der Waals surface area contributed by atoms with Crippen LogP contribution < -0.4 is 20.7 Å². The number of amides is 3. The standard InChI is InChI=1S/C19H29N3O4/c1-19(2,3)26-18(24)22-16-8-6-5-7-15(16)21-17(23)20-13-9-11-14(25-4)12-10-13/h9-12,15-16H,5-8H2,1-4H3,(H,22,24)(H2,20,21,23)/t15-,16-/m1/s1. The summed E-state index contributed by atoms with van der Waals surface area (Å²) in [5.74, 6) is 0.727. The molecule has 1 saturated carbocycles. The molecule has 0 spiro atoms. The molecule has 1 aromatic carbocycles. The van der Waals surface area contributed by atoms with Crippen LogP contribution in [0.15, 0.2) is 24.3 Å². The van der Waals surface area contributed by atoms with Gasteiger partial charge < -0.3 is 25.4 Å². The molecular weight excluding hydrogens is 334 g/mol. The van der Waals surface area contributed by atoms with Crippen LogP contribution in [0.1, 0.15) is 46.5 Å². The number of carbonyl (C=O) groups excluding carboxylic acids is 2. The monoisotopic (exact) mass is 363 g/mol. The lowest BCUT2D eigenvalue weighted by atomic mass is 9.90. The zero-order valence-electron chi connectivity index (χ0n) is 15.9. The molecule has 2 rings (SSSR count). The van der Waals surface area contributed by atoms with Crippen LogP contribution in [0, 0.1) is 0 Å². The maximum Gasteiger partial charge on any atom is 0.407 e. The molecule has 0 radical (unpaired) electrons. The van der Waals surface area contributed by atoms with Crippen LogP contribution >= 0.6 is 0 Å². The Morgan fingerprint density at radius 3 is 2.12 bits per heavy atom. The zero-order valence-corrected chi connectivity index (χ0v) is 15.9. The number of alkyl carbamates (subject to hydrolysis) is 1. The lowest BCUT2D eigenvalue weighted by Crippen LogP contribution is -2.54. The van der Waals surface area contributed by atoms with Crippen molar-refractivity contribution in [2.24, 2.45) is 0 Å². The second-order valence-corrected chi connectivity index (χ2v) is 7.47. The highest BCUT2D eigenvalue weighted by Gasteiger charge is 2.29. The van der Waals surface area contributed by atoms with Gasteiger partial charge in [0.1, 0.15) is 11.4 Å². The van der Waals surface area contributed by atoms with Crippen LogP contribution in [0.3, 0.4) is 0 Å². The molecule has 0 bridgehead atoms. The van der Waals surface area contributed by atoms with Gasteiger partial charge in [-0.05, 0) is 57.9 Å². The van der Waals surface area contributed by atoms with Gasteiger partial charge in [-0.2, -0.15) is 0 Å². The number of ether oxygens (including phenoxy) is 2. The van der Waals surface area contributed by atoms with Crippen LogP contribution in [0.2, 0.25) is 0 Å². The number of carbonyl (C=O) groups is 2. The molecule has 1 aromatic rings. The molecule has 7 nitrogen and oxygen atoms in total. The third-order valence-corrected chi connectivity index (χ3v) is 4.13. The summed E-state index contributed by atoms with van der Waals surface area (Å²) in [5, 5.41) is 8.66. The third kappa shape index (κ3) is 6.46. The van der Waals surface area contributed by atoms with Crippen LogP contribution in [-0.4, -0.2) is 36.9 Å². The molecule has 0 unspecified atom stereocenters. The Bertz CT molecular complexity index is 610. The van der Waals surface area contributed by atoms with E-state index >= 15 is 0 Å². The minimum atomic E-state index is -0.548. The van der Waals surface area contributed by atoms with Gasteiger partial charge in [-0.1, -0.05) is 12.8 Å². The number of hydrogen-bond donors (Lipinski definition) is 3. The number of urea groups is 1. The summed E-state index contributed by atoms with van der Waals surface area (Å²) in [5.41, 5.74) is 0.128. The summed E-state index contributed by atoms with van der Waals surface area (Å²) in [4.78, 5) is 24.3. The maximum atomic E-state index is 12.3. The Balaban J connectivity index is 1.89. The van der Waals surface area contributed by atoms with Gasteiger partial charge in [0.15, 0.2) is 0 Å². The van der Waals surface area contributed by atoms with Gasteiger partial charge in [-0.25, -0.2) is 9.59 Å². The number of nitrogens with one attached hydrogen (secondary N) is 3. The van der Waals surface area contributed by atoms with Crippen molar-refractivity contribution in [3.8, 4) is 5.75 Å². The first-order valence-electron chi connectivity index (χ1n) is 8.98. The van der Waals surface area contributed by atoms with Crippen LogP contribution in [-0.2, 0) is 4.74 Å². The molecular formula is C19H29N3O4. The molecule has 144 valence electrons. The van der Waals surface area contributed by atoms with E-state index in [2.05, 4.69) is 16.0 Å². The molecule has 0 aliphatic heterocycles. The largest absolute Gasteiger partial charge is 0.497 e. The van der Waals surface area contributed by atoms with Crippen molar-refractivity contribution in [1.82, 2.24) is 10.6 Å². The average Bonchev–Trinajstić information content (AvgIpc) is 2.55. The first-order chi connectivity index (χ1) is 12.3. The molecule has 26 heavy (non-hydrogen) atoms. The molecule has 7 heteroatoms. The van der Waals surface area contributed by atoms with Crippen molar-refractivity contribution in [3.05, 3.63) is 24.3 Å². The van der Waals surface area contributed by atoms with E-state index in [9.17, 15) is 9.59 Å². The fourth-order valence-corrected chi connectivity index (χ4v) is 2.95. The Hall–Kier alpha value is -2.44. The lowest BCUT2D eigenvalue weighted by molar-refractivity contribution is 0.0481. The fraction of sp³-hybridized carbons (Fsp3) is 0.579. The predicted octanol–water partition coefficient (Wildman–Crippen LogP) is 3.65. The van der Waals surface area contributed by atoms with Gasteiger partial charge in [0.2, 0.25) is 0 Å². The SMILES string of the molecule is COc1ccc(NC(=O)N[C@@H]2CCCC[C@H]2NC(=O)OC(C)(C)C)cc1. The van der Waals surface area contributed by atoms with Gasteiger partial charge in [-0.15, -0.1) is 0 Å². The maximum absolute atomic E-state index is 12.3. The number of methoxy groups -OCH3 is 1. The van der Waals surface area contributed by atoms with E-state index in [1.165, 1.54) is 0 Å². The van der Waals surface area contributed by atoms with Crippen molar-refractivity contribution in [3.63, 3.8) is 0 Å². The van der Waals surface area contributed by atoms with Gasteiger partial charge in [0, 0.05) is 5.69 Å². The van der Waals surface area contributed by atoms with E-state index < -0.39 is 11.7 Å². The lowest BCUT2D eigenvalue weighted by Gasteiger charge is -2.33. The van der Waals surface area contributed by atoms with Gasteiger partial charge in [-0.3, -0.25) is 0 Å². The summed E-state index contributed by atoms with van der Waals surface area (Å²) in [6.07, 6.45) is 3.20. The molecule has 0 saturated heterocycles. The van der Waals surface area contributed by atoms with Crippen molar-refractivity contribution in [2.45, 2.75) is 64.1 Å². The fourth-order valence-electron chi connectivity index (χ4n) is 2.95. The first-order valence-corrected chi connectivity index (χ1v) is 8.98. The van der Waals surface area contributed by atoms with Crippen molar-refractivity contribution in [1.29, 1.82) is 0 Å². The molecule has 1 aliphatic carbocycles. The van der Waals surface area contributed by atoms with E-state index in [-0.39, 0.29) is 18.1 Å². The van der Waals surface area contributed by atoms with Crippen LogP contribution in [0.4, 0.5) is 15.3 Å². The number of rotatable bonds is 4. The number of benzene rings is 1. The van der Waals surface area contributed by atoms with E-state index in [1.54, 1.807) is 31.4 Å². The summed E-state index contributed by atoms with van der Waals surface area (Å²) < 4.78 is 10.4.